The molecule has 2 aromatic carbocycles. The van der Waals surface area contributed by atoms with E-state index < -0.39 is 40.4 Å². The van der Waals surface area contributed by atoms with Crippen molar-refractivity contribution >= 4 is 28.3 Å². The van der Waals surface area contributed by atoms with Gasteiger partial charge in [0.1, 0.15) is 0 Å². The fraction of sp³-hybridized carbons (Fsp3) is 0.469. The Kier molecular flexibility index (Phi) is 12.5. The average molecular weight is 541 g/mol. The Bertz CT molecular complexity index is 1250. The summed E-state index contributed by atoms with van der Waals surface area (Å²) in [5.41, 5.74) is -0.979. The quantitative estimate of drug-likeness (QED) is 0.105. The van der Waals surface area contributed by atoms with Gasteiger partial charge in [0, 0.05) is 29.6 Å². The van der Waals surface area contributed by atoms with Crippen molar-refractivity contribution in [2.75, 3.05) is 5.32 Å². The monoisotopic (exact) mass is 540 g/mol. The minimum absolute atomic E-state index is 0.0110. The molecule has 0 saturated carbocycles. The Morgan fingerprint density at radius 1 is 0.769 bits per heavy atom. The average Bonchev–Trinajstić information content (AvgIpc) is 2.94. The number of halogens is 3. The van der Waals surface area contributed by atoms with E-state index in [0.29, 0.717) is 23.4 Å². The predicted octanol–water partition coefficient (Wildman–Crippen LogP) is 9.30. The molecule has 3 rings (SSSR count). The van der Waals surface area contributed by atoms with E-state index in [1.165, 1.54) is 69.9 Å². The van der Waals surface area contributed by atoms with E-state index in [1.54, 1.807) is 24.4 Å². The van der Waals surface area contributed by atoms with Crippen molar-refractivity contribution < 1.29 is 22.8 Å². The molecule has 0 saturated heterocycles. The van der Waals surface area contributed by atoms with Crippen molar-refractivity contribution in [1.82, 2.24) is 4.98 Å². The molecule has 0 aliphatic rings. The SMILES string of the molecule is CCCCCCCCCCCCCCCC(=O)Nc1cc(F)c(F)c(C(=O)c2ccc3ncccc3c2)c1F. The minimum Gasteiger partial charge on any atom is -0.323 e. The van der Waals surface area contributed by atoms with Crippen LogP contribution in [0, 0.1) is 17.5 Å². The van der Waals surface area contributed by atoms with Gasteiger partial charge in [0.2, 0.25) is 5.91 Å². The molecule has 1 N–H and O–H groups in total. The van der Waals surface area contributed by atoms with Crippen molar-refractivity contribution in [1.29, 1.82) is 0 Å². The second-order valence-corrected chi connectivity index (χ2v) is 10.2. The number of hydrogen-bond donors (Lipinski definition) is 1. The number of benzene rings is 2. The first-order chi connectivity index (χ1) is 18.9. The highest BCUT2D eigenvalue weighted by molar-refractivity contribution is 6.11. The van der Waals surface area contributed by atoms with Crippen molar-refractivity contribution in [3.05, 3.63) is 71.2 Å². The van der Waals surface area contributed by atoms with Gasteiger partial charge >= 0.3 is 0 Å². The summed E-state index contributed by atoms with van der Waals surface area (Å²) in [4.78, 5) is 29.5. The van der Waals surface area contributed by atoms with E-state index in [9.17, 15) is 18.4 Å². The normalized spacial score (nSPS) is 11.2. The lowest BCUT2D eigenvalue weighted by Gasteiger charge is -2.12. The van der Waals surface area contributed by atoms with Gasteiger partial charge in [0.25, 0.3) is 0 Å². The lowest BCUT2D eigenvalue weighted by molar-refractivity contribution is -0.116. The third-order valence-electron chi connectivity index (χ3n) is 7.03. The van der Waals surface area contributed by atoms with Crippen LogP contribution in [0.2, 0.25) is 0 Å². The van der Waals surface area contributed by atoms with Gasteiger partial charge in [-0.3, -0.25) is 14.6 Å². The summed E-state index contributed by atoms with van der Waals surface area (Å²) in [7, 11) is 0. The maximum Gasteiger partial charge on any atom is 0.224 e. The summed E-state index contributed by atoms with van der Waals surface area (Å²) >= 11 is 0. The Balaban J connectivity index is 1.45. The zero-order chi connectivity index (χ0) is 28.0. The van der Waals surface area contributed by atoms with Crippen LogP contribution in [0.4, 0.5) is 18.9 Å². The van der Waals surface area contributed by atoms with Crippen LogP contribution in [0.25, 0.3) is 10.9 Å². The number of nitrogens with zero attached hydrogens (tertiary/aromatic N) is 1. The number of carbonyl (C=O) groups excluding carboxylic acids is 2. The van der Waals surface area contributed by atoms with Crippen LogP contribution in [0.15, 0.2) is 42.6 Å². The third-order valence-corrected chi connectivity index (χ3v) is 7.03. The van der Waals surface area contributed by atoms with Crippen molar-refractivity contribution in [2.24, 2.45) is 0 Å². The zero-order valence-electron chi connectivity index (χ0n) is 22.8. The van der Waals surface area contributed by atoms with E-state index in [4.69, 9.17) is 0 Å². The number of anilines is 1. The molecule has 0 aliphatic carbocycles. The molecule has 1 aromatic heterocycles. The van der Waals surface area contributed by atoms with Crippen LogP contribution in [-0.4, -0.2) is 16.7 Å². The molecule has 3 aromatic rings. The van der Waals surface area contributed by atoms with Gasteiger partial charge in [-0.1, -0.05) is 90.0 Å². The number of amides is 1. The number of rotatable bonds is 17. The number of hydrogen-bond acceptors (Lipinski definition) is 3. The maximum atomic E-state index is 15.2. The van der Waals surface area contributed by atoms with Crippen LogP contribution in [0.1, 0.15) is 113 Å². The van der Waals surface area contributed by atoms with Gasteiger partial charge < -0.3 is 5.32 Å². The maximum absolute atomic E-state index is 15.2. The van der Waals surface area contributed by atoms with Gasteiger partial charge in [-0.05, 0) is 30.7 Å². The molecule has 0 atom stereocenters. The standard InChI is InChI=1S/C32H39F3N2O2/c1-2-3-4-5-6-7-8-9-10-11-12-13-14-17-28(38)37-27-22-25(33)30(34)29(31(27)35)32(39)24-18-19-26-23(21-24)16-15-20-36-26/h15-16,18-22H,2-14,17H2,1H3,(H,37,38). The predicted molar refractivity (Wildman–Crippen MR) is 150 cm³/mol. The molecule has 0 unspecified atom stereocenters. The topological polar surface area (TPSA) is 59.1 Å². The molecule has 1 amide bonds. The van der Waals surface area contributed by atoms with E-state index in [-0.39, 0.29) is 12.0 Å². The molecular weight excluding hydrogens is 501 g/mol. The summed E-state index contributed by atoms with van der Waals surface area (Å²) in [5, 5.41) is 2.92. The Labute approximate surface area is 229 Å². The molecule has 7 heteroatoms. The highest BCUT2D eigenvalue weighted by Gasteiger charge is 2.26. The molecule has 210 valence electrons. The summed E-state index contributed by atoms with van der Waals surface area (Å²) in [6, 6.07) is 8.34. The second kappa shape index (κ2) is 16.0. The number of aromatic nitrogens is 1. The van der Waals surface area contributed by atoms with Crippen LogP contribution >= 0.6 is 0 Å². The van der Waals surface area contributed by atoms with Crippen LogP contribution in [-0.2, 0) is 4.79 Å². The smallest absolute Gasteiger partial charge is 0.224 e. The number of unbranched alkanes of at least 4 members (excludes halogenated alkanes) is 12. The minimum atomic E-state index is -1.58. The molecule has 0 aliphatic heterocycles. The first kappa shape index (κ1) is 30.3. The van der Waals surface area contributed by atoms with Gasteiger partial charge in [-0.15, -0.1) is 0 Å². The number of pyridine rings is 1. The molecule has 4 nitrogen and oxygen atoms in total. The molecule has 0 fully saturated rings. The summed E-state index contributed by atoms with van der Waals surface area (Å²) in [5.74, 6) is -5.79. The van der Waals surface area contributed by atoms with Gasteiger partial charge in [-0.2, -0.15) is 0 Å². The Morgan fingerprint density at radius 2 is 1.38 bits per heavy atom. The molecule has 39 heavy (non-hydrogen) atoms. The number of ketones is 1. The van der Waals surface area contributed by atoms with Gasteiger partial charge in [-0.25, -0.2) is 13.2 Å². The lowest BCUT2D eigenvalue weighted by atomic mass is 9.99. The highest BCUT2D eigenvalue weighted by Crippen LogP contribution is 2.27. The lowest BCUT2D eigenvalue weighted by Crippen LogP contribution is -2.16. The molecular formula is C32H39F3N2O2. The molecule has 0 bridgehead atoms. The first-order valence-electron chi connectivity index (χ1n) is 14.3. The molecule has 0 spiro atoms. The number of nitrogens with one attached hydrogen (secondary N) is 1. The van der Waals surface area contributed by atoms with Crippen LogP contribution in [0.5, 0.6) is 0 Å². The third kappa shape index (κ3) is 9.19. The van der Waals surface area contributed by atoms with Crippen LogP contribution in [0.3, 0.4) is 0 Å². The van der Waals surface area contributed by atoms with Crippen molar-refractivity contribution in [3.8, 4) is 0 Å². The fourth-order valence-corrected chi connectivity index (χ4v) is 4.77. The summed E-state index contributed by atoms with van der Waals surface area (Å²) < 4.78 is 44.0. The highest BCUT2D eigenvalue weighted by atomic mass is 19.2. The zero-order valence-corrected chi connectivity index (χ0v) is 22.8. The van der Waals surface area contributed by atoms with E-state index >= 15 is 4.39 Å². The summed E-state index contributed by atoms with van der Waals surface area (Å²) in [6.07, 6.45) is 17.0. The number of fused-ring (bicyclic) bond motifs is 1. The van der Waals surface area contributed by atoms with Gasteiger partial charge in [0.15, 0.2) is 23.2 Å². The van der Waals surface area contributed by atoms with Crippen molar-refractivity contribution in [3.63, 3.8) is 0 Å². The van der Waals surface area contributed by atoms with Crippen molar-refractivity contribution in [2.45, 2.75) is 96.8 Å². The number of carbonyl (C=O) groups is 2. The van der Waals surface area contributed by atoms with E-state index in [0.717, 1.165) is 19.3 Å². The van der Waals surface area contributed by atoms with E-state index in [1.807, 2.05) is 0 Å². The van der Waals surface area contributed by atoms with Crippen LogP contribution < -0.4 is 5.32 Å². The first-order valence-corrected chi connectivity index (χ1v) is 14.3. The van der Waals surface area contributed by atoms with Gasteiger partial charge in [0.05, 0.1) is 16.8 Å². The Morgan fingerprint density at radius 3 is 2.03 bits per heavy atom. The molecule has 1 heterocycles. The Hall–Kier alpha value is -3.22. The summed E-state index contributed by atoms with van der Waals surface area (Å²) in [6.45, 7) is 2.23. The largest absolute Gasteiger partial charge is 0.323 e. The molecule has 0 radical (unpaired) electrons. The van der Waals surface area contributed by atoms with E-state index in [2.05, 4.69) is 17.2 Å². The second-order valence-electron chi connectivity index (χ2n) is 10.2. The fourth-order valence-electron chi connectivity index (χ4n) is 4.77.